The van der Waals surface area contributed by atoms with Crippen molar-refractivity contribution in [3.63, 3.8) is 0 Å². The lowest BCUT2D eigenvalue weighted by Crippen LogP contribution is -1.92. The van der Waals surface area contributed by atoms with E-state index >= 15 is 0 Å². The Kier molecular flexibility index (Phi) is 2.59. The van der Waals surface area contributed by atoms with Gasteiger partial charge < -0.3 is 4.55 Å². The lowest BCUT2D eigenvalue weighted by molar-refractivity contribution is 0.544. The topological polar surface area (TPSA) is 37.3 Å². The average molecular weight is 195 g/mol. The van der Waals surface area contributed by atoms with Crippen LogP contribution in [0.1, 0.15) is 0 Å². The zero-order chi connectivity index (χ0) is 8.43. The average Bonchev–Trinajstić information content (AvgIpc) is 1.85. The van der Waals surface area contributed by atoms with E-state index in [9.17, 15) is 8.60 Å². The number of rotatable bonds is 1. The number of hydrogen-bond donors (Lipinski definition) is 1. The van der Waals surface area contributed by atoms with Crippen molar-refractivity contribution in [1.29, 1.82) is 0 Å². The Bertz CT molecular complexity index is 303. The van der Waals surface area contributed by atoms with Gasteiger partial charge in [-0.15, -0.1) is 0 Å². The molecular weight excluding hydrogens is 191 g/mol. The second-order valence-corrected chi connectivity index (χ2v) is 3.20. The van der Waals surface area contributed by atoms with E-state index < -0.39 is 16.9 Å². The van der Waals surface area contributed by atoms with Gasteiger partial charge in [-0.25, -0.2) is 8.60 Å². The minimum Gasteiger partial charge on any atom is -0.302 e. The van der Waals surface area contributed by atoms with Crippen molar-refractivity contribution in [3.8, 4) is 0 Å². The number of halogens is 2. The molecule has 0 bridgehead atoms. The first-order valence-corrected chi connectivity index (χ1v) is 4.15. The Morgan fingerprint density at radius 2 is 2.18 bits per heavy atom. The number of hydrogen-bond acceptors (Lipinski definition) is 1. The standard InChI is InChI=1S/C6H4ClFO2S/c7-4-1-2-6(11(9)10)5(8)3-4/h1-3H,(H,9,10). The molecule has 0 aromatic heterocycles. The van der Waals surface area contributed by atoms with E-state index in [4.69, 9.17) is 16.2 Å². The highest BCUT2D eigenvalue weighted by atomic mass is 35.5. The fourth-order valence-corrected chi connectivity index (χ4v) is 1.19. The largest absolute Gasteiger partial charge is 0.302 e. The van der Waals surface area contributed by atoms with Crippen LogP contribution in [0.4, 0.5) is 4.39 Å². The van der Waals surface area contributed by atoms with Gasteiger partial charge in [0.25, 0.3) is 0 Å². The van der Waals surface area contributed by atoms with Gasteiger partial charge in [-0.05, 0) is 18.2 Å². The van der Waals surface area contributed by atoms with Crippen molar-refractivity contribution < 1.29 is 13.2 Å². The van der Waals surface area contributed by atoms with Crippen LogP contribution in [0.5, 0.6) is 0 Å². The van der Waals surface area contributed by atoms with Crippen molar-refractivity contribution in [2.24, 2.45) is 0 Å². The molecule has 1 aromatic rings. The molecule has 5 heteroatoms. The first-order chi connectivity index (χ1) is 5.11. The highest BCUT2D eigenvalue weighted by Gasteiger charge is 2.06. The Morgan fingerprint density at radius 1 is 1.55 bits per heavy atom. The Morgan fingerprint density at radius 3 is 2.64 bits per heavy atom. The normalized spacial score (nSPS) is 13.0. The lowest BCUT2D eigenvalue weighted by Gasteiger charge is -1.96. The fourth-order valence-electron chi connectivity index (χ4n) is 0.617. The van der Waals surface area contributed by atoms with Crippen molar-refractivity contribution in [2.45, 2.75) is 4.90 Å². The van der Waals surface area contributed by atoms with Crippen LogP contribution in [-0.2, 0) is 11.1 Å². The van der Waals surface area contributed by atoms with Gasteiger partial charge >= 0.3 is 0 Å². The summed E-state index contributed by atoms with van der Waals surface area (Å²) in [5.41, 5.74) is 0. The van der Waals surface area contributed by atoms with Gasteiger partial charge in [0.2, 0.25) is 0 Å². The third-order valence-corrected chi connectivity index (χ3v) is 2.02. The Hall–Kier alpha value is -0.450. The van der Waals surface area contributed by atoms with E-state index in [1.807, 2.05) is 0 Å². The first-order valence-electron chi connectivity index (χ1n) is 2.67. The van der Waals surface area contributed by atoms with Gasteiger partial charge in [0.15, 0.2) is 11.1 Å². The predicted octanol–water partition coefficient (Wildman–Crippen LogP) is 2.06. The van der Waals surface area contributed by atoms with Crippen molar-refractivity contribution in [3.05, 3.63) is 29.0 Å². The first kappa shape index (κ1) is 8.64. The highest BCUT2D eigenvalue weighted by Crippen LogP contribution is 2.16. The van der Waals surface area contributed by atoms with Crippen LogP contribution in [-0.4, -0.2) is 8.76 Å². The van der Waals surface area contributed by atoms with E-state index in [-0.39, 0.29) is 9.92 Å². The second kappa shape index (κ2) is 3.30. The van der Waals surface area contributed by atoms with Crippen molar-refractivity contribution >= 4 is 22.7 Å². The zero-order valence-corrected chi connectivity index (χ0v) is 6.82. The van der Waals surface area contributed by atoms with Crippen molar-refractivity contribution in [1.82, 2.24) is 0 Å². The molecule has 0 fully saturated rings. The molecule has 1 N–H and O–H groups in total. The third kappa shape index (κ3) is 1.99. The van der Waals surface area contributed by atoms with E-state index in [1.54, 1.807) is 0 Å². The molecule has 1 atom stereocenters. The molecule has 0 aliphatic carbocycles. The summed E-state index contributed by atoms with van der Waals surface area (Å²) in [6, 6.07) is 3.52. The summed E-state index contributed by atoms with van der Waals surface area (Å²) in [5, 5.41) is 0.205. The maximum absolute atomic E-state index is 12.7. The zero-order valence-electron chi connectivity index (χ0n) is 5.25. The summed E-state index contributed by atoms with van der Waals surface area (Å²) >= 11 is 3.12. The Labute approximate surface area is 70.3 Å². The molecule has 0 amide bonds. The summed E-state index contributed by atoms with van der Waals surface area (Å²) < 4.78 is 31.5. The number of benzene rings is 1. The maximum Gasteiger partial charge on any atom is 0.189 e. The minimum absolute atomic E-state index is 0.205. The molecule has 0 aliphatic heterocycles. The van der Waals surface area contributed by atoms with E-state index in [2.05, 4.69) is 0 Å². The third-order valence-electron chi connectivity index (χ3n) is 1.08. The molecule has 0 saturated heterocycles. The maximum atomic E-state index is 12.7. The van der Waals surface area contributed by atoms with Gasteiger partial charge in [0, 0.05) is 5.02 Å². The minimum atomic E-state index is -2.28. The van der Waals surface area contributed by atoms with Crippen LogP contribution < -0.4 is 0 Å². The van der Waals surface area contributed by atoms with E-state index in [1.165, 1.54) is 12.1 Å². The summed E-state index contributed by atoms with van der Waals surface area (Å²) in [4.78, 5) is -0.255. The highest BCUT2D eigenvalue weighted by molar-refractivity contribution is 7.79. The van der Waals surface area contributed by atoms with Crippen LogP contribution in [0.2, 0.25) is 5.02 Å². The van der Waals surface area contributed by atoms with Gasteiger partial charge in [-0.2, -0.15) is 0 Å². The molecule has 0 heterocycles. The Balaban J connectivity index is 3.20. The molecule has 1 rings (SSSR count). The van der Waals surface area contributed by atoms with Crippen LogP contribution >= 0.6 is 11.6 Å². The van der Waals surface area contributed by atoms with Gasteiger partial charge in [0.05, 0.1) is 0 Å². The molecule has 0 aliphatic rings. The van der Waals surface area contributed by atoms with Crippen LogP contribution in [0.3, 0.4) is 0 Å². The van der Waals surface area contributed by atoms with Gasteiger partial charge in [-0.3, -0.25) is 0 Å². The predicted molar refractivity (Wildman–Crippen MR) is 40.4 cm³/mol. The van der Waals surface area contributed by atoms with Gasteiger partial charge in [0.1, 0.15) is 10.7 Å². The second-order valence-electron chi connectivity index (χ2n) is 1.82. The van der Waals surface area contributed by atoms with Crippen LogP contribution in [0, 0.1) is 5.82 Å². The molecule has 11 heavy (non-hydrogen) atoms. The summed E-state index contributed by atoms with van der Waals surface area (Å²) in [6.45, 7) is 0. The summed E-state index contributed by atoms with van der Waals surface area (Å²) in [7, 11) is 0. The van der Waals surface area contributed by atoms with Crippen LogP contribution in [0.15, 0.2) is 23.1 Å². The SMILES string of the molecule is O=S(O)c1ccc(Cl)cc1F. The molecule has 60 valence electrons. The fraction of sp³-hybridized carbons (Fsp3) is 0. The monoisotopic (exact) mass is 194 g/mol. The molecule has 1 aromatic carbocycles. The van der Waals surface area contributed by atoms with Crippen LogP contribution in [0.25, 0.3) is 0 Å². The van der Waals surface area contributed by atoms with Crippen molar-refractivity contribution in [2.75, 3.05) is 0 Å². The van der Waals surface area contributed by atoms with E-state index in [0.717, 1.165) is 6.07 Å². The molecule has 1 unspecified atom stereocenters. The molecule has 0 spiro atoms. The lowest BCUT2D eigenvalue weighted by atomic mass is 10.3. The molecule has 0 saturated carbocycles. The van der Waals surface area contributed by atoms with E-state index in [0.29, 0.717) is 0 Å². The molecular formula is C6H4ClFO2S. The quantitative estimate of drug-likeness (QED) is 0.695. The molecule has 2 nitrogen and oxygen atoms in total. The van der Waals surface area contributed by atoms with Gasteiger partial charge in [-0.1, -0.05) is 11.6 Å². The smallest absolute Gasteiger partial charge is 0.189 e. The molecule has 0 radical (unpaired) electrons. The summed E-state index contributed by atoms with van der Waals surface area (Å²) in [6.07, 6.45) is 0. The summed E-state index contributed by atoms with van der Waals surface area (Å²) in [5.74, 6) is -0.765.